The number of benzene rings is 1. The predicted octanol–water partition coefficient (Wildman–Crippen LogP) is 2.64. The molecule has 0 spiro atoms. The maximum Gasteiger partial charge on any atom is 0.409 e. The van der Waals surface area contributed by atoms with Crippen LogP contribution in [0.1, 0.15) is 26.7 Å². The number of rotatable bonds is 5. The molecule has 1 aliphatic heterocycles. The number of amides is 3. The highest BCUT2D eigenvalue weighted by atomic mass is 16.6. The van der Waals surface area contributed by atoms with Crippen LogP contribution in [0.5, 0.6) is 0 Å². The first-order valence-electron chi connectivity index (χ1n) is 9.82. The van der Waals surface area contributed by atoms with E-state index in [1.165, 1.54) is 6.92 Å². The van der Waals surface area contributed by atoms with E-state index in [0.717, 1.165) is 5.39 Å². The van der Waals surface area contributed by atoms with E-state index in [-0.39, 0.29) is 30.5 Å². The number of hydrogen-bond donors (Lipinski definition) is 1. The van der Waals surface area contributed by atoms with E-state index in [4.69, 9.17) is 4.74 Å². The lowest BCUT2D eigenvalue weighted by molar-refractivity contribution is -0.136. The van der Waals surface area contributed by atoms with Crippen molar-refractivity contribution in [2.45, 2.75) is 32.7 Å². The molecule has 1 aromatic heterocycles. The third-order valence-electron chi connectivity index (χ3n) is 5.06. The van der Waals surface area contributed by atoms with Gasteiger partial charge in [0, 0.05) is 37.6 Å². The zero-order valence-corrected chi connectivity index (χ0v) is 16.8. The molecule has 0 radical (unpaired) electrons. The van der Waals surface area contributed by atoms with Gasteiger partial charge in [-0.15, -0.1) is 0 Å². The Hall–Kier alpha value is -3.16. The summed E-state index contributed by atoms with van der Waals surface area (Å²) in [6, 6.07) is 9.26. The van der Waals surface area contributed by atoms with Crippen LogP contribution in [0.25, 0.3) is 10.9 Å². The first-order chi connectivity index (χ1) is 14.0. The van der Waals surface area contributed by atoms with Gasteiger partial charge in [0.25, 0.3) is 0 Å². The molecule has 29 heavy (non-hydrogen) atoms. The number of aromatic nitrogens is 1. The maximum atomic E-state index is 12.7. The summed E-state index contributed by atoms with van der Waals surface area (Å²) in [5.74, 6) is -0.433. The van der Waals surface area contributed by atoms with E-state index in [1.807, 2.05) is 24.3 Å². The Kier molecular flexibility index (Phi) is 6.64. The Bertz CT molecular complexity index is 888. The second-order valence-electron chi connectivity index (χ2n) is 6.99. The Labute approximate surface area is 169 Å². The van der Waals surface area contributed by atoms with Crippen LogP contribution in [-0.2, 0) is 14.3 Å². The lowest BCUT2D eigenvalue weighted by Crippen LogP contribution is -2.50. The third kappa shape index (κ3) is 5.01. The number of fused-ring (bicyclic) bond motifs is 1. The molecule has 8 heteroatoms. The van der Waals surface area contributed by atoms with Gasteiger partial charge in [0.15, 0.2) is 0 Å². The van der Waals surface area contributed by atoms with Gasteiger partial charge in [-0.25, -0.2) is 4.79 Å². The molecule has 154 valence electrons. The fourth-order valence-electron chi connectivity index (χ4n) is 3.62. The number of likely N-dealkylation sites (tertiary alicyclic amines) is 1. The fraction of sp³-hybridized carbons (Fsp3) is 0.429. The molecule has 0 atom stereocenters. The van der Waals surface area contributed by atoms with Crippen LogP contribution in [0.4, 0.5) is 10.5 Å². The van der Waals surface area contributed by atoms with Crippen molar-refractivity contribution in [3.63, 3.8) is 0 Å². The second-order valence-corrected chi connectivity index (χ2v) is 6.99. The van der Waals surface area contributed by atoms with Gasteiger partial charge in [0.1, 0.15) is 6.54 Å². The van der Waals surface area contributed by atoms with Crippen LogP contribution >= 0.6 is 0 Å². The predicted molar refractivity (Wildman–Crippen MR) is 109 cm³/mol. The Morgan fingerprint density at radius 2 is 1.93 bits per heavy atom. The van der Waals surface area contributed by atoms with Gasteiger partial charge in [-0.2, -0.15) is 0 Å². The smallest absolute Gasteiger partial charge is 0.409 e. The van der Waals surface area contributed by atoms with Gasteiger partial charge in [-0.05, 0) is 31.9 Å². The van der Waals surface area contributed by atoms with Crippen molar-refractivity contribution in [2.75, 3.05) is 31.6 Å². The molecular weight excluding hydrogens is 372 g/mol. The lowest BCUT2D eigenvalue weighted by atomic mass is 10.0. The number of anilines is 1. The molecule has 1 aromatic carbocycles. The summed E-state index contributed by atoms with van der Waals surface area (Å²) in [6.45, 7) is 4.53. The minimum absolute atomic E-state index is 0.0391. The lowest BCUT2D eigenvalue weighted by Gasteiger charge is -2.37. The molecule has 8 nitrogen and oxygen atoms in total. The topological polar surface area (TPSA) is 91.8 Å². The van der Waals surface area contributed by atoms with Gasteiger partial charge in [0.2, 0.25) is 11.8 Å². The molecule has 3 rings (SSSR count). The molecule has 1 N–H and O–H groups in total. The standard InChI is InChI=1S/C21H26N4O4/c1-3-29-21(28)24-12-9-17(10-13-24)25(15(2)26)14-19(27)23-18-8-4-6-16-7-5-11-22-20(16)18/h4-8,11,17H,3,9-10,12-14H2,1-2H3,(H,23,27). The molecule has 1 fully saturated rings. The summed E-state index contributed by atoms with van der Waals surface area (Å²) >= 11 is 0. The molecule has 2 aromatic rings. The monoisotopic (exact) mass is 398 g/mol. The summed E-state index contributed by atoms with van der Waals surface area (Å²) in [4.78, 5) is 44.2. The Morgan fingerprint density at radius 3 is 2.62 bits per heavy atom. The highest BCUT2D eigenvalue weighted by Gasteiger charge is 2.30. The fourth-order valence-corrected chi connectivity index (χ4v) is 3.62. The number of piperidine rings is 1. The van der Waals surface area contributed by atoms with E-state index >= 15 is 0 Å². The van der Waals surface area contributed by atoms with Crippen molar-refractivity contribution in [2.24, 2.45) is 0 Å². The van der Waals surface area contributed by atoms with E-state index in [9.17, 15) is 14.4 Å². The molecule has 3 amide bonds. The van der Waals surface area contributed by atoms with Crippen molar-refractivity contribution in [3.05, 3.63) is 36.5 Å². The summed E-state index contributed by atoms with van der Waals surface area (Å²) in [5.41, 5.74) is 1.33. The van der Waals surface area contributed by atoms with Crippen molar-refractivity contribution >= 4 is 34.5 Å². The Morgan fingerprint density at radius 1 is 1.21 bits per heavy atom. The average molecular weight is 398 g/mol. The Balaban J connectivity index is 1.63. The van der Waals surface area contributed by atoms with Gasteiger partial charge >= 0.3 is 6.09 Å². The number of ether oxygens (including phenoxy) is 1. The number of carbonyl (C=O) groups excluding carboxylic acids is 3. The van der Waals surface area contributed by atoms with Crippen LogP contribution in [0.15, 0.2) is 36.5 Å². The highest BCUT2D eigenvalue weighted by molar-refractivity contribution is 6.01. The zero-order chi connectivity index (χ0) is 20.8. The number of nitrogens with one attached hydrogen (secondary N) is 1. The van der Waals surface area contributed by atoms with Crippen LogP contribution in [0, 0.1) is 0 Å². The van der Waals surface area contributed by atoms with E-state index < -0.39 is 0 Å². The van der Waals surface area contributed by atoms with Gasteiger partial charge < -0.3 is 19.9 Å². The van der Waals surface area contributed by atoms with Crippen LogP contribution in [0.2, 0.25) is 0 Å². The third-order valence-corrected chi connectivity index (χ3v) is 5.06. The molecule has 1 aliphatic rings. The van der Waals surface area contributed by atoms with Crippen molar-refractivity contribution in [1.29, 1.82) is 0 Å². The minimum atomic E-state index is -0.332. The molecular formula is C21H26N4O4. The molecule has 1 saturated heterocycles. The van der Waals surface area contributed by atoms with Crippen LogP contribution < -0.4 is 5.32 Å². The maximum absolute atomic E-state index is 12.7. The van der Waals surface area contributed by atoms with E-state index in [2.05, 4.69) is 10.3 Å². The molecule has 0 bridgehead atoms. The molecule has 0 unspecified atom stereocenters. The summed E-state index contributed by atoms with van der Waals surface area (Å²) in [5, 5.41) is 3.80. The largest absolute Gasteiger partial charge is 0.450 e. The van der Waals surface area contributed by atoms with Crippen LogP contribution in [-0.4, -0.2) is 65.0 Å². The van der Waals surface area contributed by atoms with Crippen molar-refractivity contribution in [1.82, 2.24) is 14.8 Å². The minimum Gasteiger partial charge on any atom is -0.450 e. The van der Waals surface area contributed by atoms with Gasteiger partial charge in [0.05, 0.1) is 17.8 Å². The number of para-hydroxylation sites is 1. The van der Waals surface area contributed by atoms with E-state index in [1.54, 1.807) is 29.0 Å². The van der Waals surface area contributed by atoms with E-state index in [0.29, 0.717) is 43.7 Å². The summed E-state index contributed by atoms with van der Waals surface area (Å²) in [6.07, 6.45) is 2.57. The number of nitrogens with zero attached hydrogens (tertiary/aromatic N) is 3. The quantitative estimate of drug-likeness (QED) is 0.836. The van der Waals surface area contributed by atoms with Gasteiger partial charge in [-0.3, -0.25) is 14.6 Å². The normalized spacial score (nSPS) is 14.5. The zero-order valence-electron chi connectivity index (χ0n) is 16.8. The first kappa shape index (κ1) is 20.6. The highest BCUT2D eigenvalue weighted by Crippen LogP contribution is 2.21. The summed E-state index contributed by atoms with van der Waals surface area (Å²) < 4.78 is 5.03. The van der Waals surface area contributed by atoms with Crippen molar-refractivity contribution in [3.8, 4) is 0 Å². The van der Waals surface area contributed by atoms with Crippen molar-refractivity contribution < 1.29 is 19.1 Å². The SMILES string of the molecule is CCOC(=O)N1CCC(N(CC(=O)Nc2cccc3cccnc23)C(C)=O)CC1. The second kappa shape index (κ2) is 9.36. The number of hydrogen-bond acceptors (Lipinski definition) is 5. The average Bonchev–Trinajstić information content (AvgIpc) is 2.72. The first-order valence-corrected chi connectivity index (χ1v) is 9.82. The summed E-state index contributed by atoms with van der Waals surface area (Å²) in [7, 11) is 0. The molecule has 0 aliphatic carbocycles. The number of carbonyl (C=O) groups is 3. The van der Waals surface area contributed by atoms with Gasteiger partial charge in [-0.1, -0.05) is 18.2 Å². The van der Waals surface area contributed by atoms with Crippen LogP contribution in [0.3, 0.4) is 0 Å². The molecule has 0 saturated carbocycles. The molecule has 2 heterocycles. The number of pyridine rings is 1.